The first-order chi connectivity index (χ1) is 15.4. The summed E-state index contributed by atoms with van der Waals surface area (Å²) in [5, 5.41) is 2.28. The minimum Gasteiger partial charge on any atom is -0.489 e. The fraction of sp³-hybridized carbons (Fsp3) is 0.0417. The summed E-state index contributed by atoms with van der Waals surface area (Å²) in [5.74, 6) is -1.31. The van der Waals surface area contributed by atoms with Crippen LogP contribution in [0.1, 0.15) is 11.1 Å². The molecule has 8 heteroatoms. The Morgan fingerprint density at radius 2 is 1.69 bits per heavy atom. The number of hydrogen-bond acceptors (Lipinski definition) is 4. The molecule has 1 aliphatic rings. The fourth-order valence-electron chi connectivity index (χ4n) is 3.08. The van der Waals surface area contributed by atoms with E-state index in [1.807, 2.05) is 24.3 Å². The highest BCUT2D eigenvalue weighted by atomic mass is 79.9. The number of anilines is 1. The van der Waals surface area contributed by atoms with Gasteiger partial charge >= 0.3 is 0 Å². The largest absolute Gasteiger partial charge is 0.489 e. The van der Waals surface area contributed by atoms with E-state index in [1.54, 1.807) is 30.3 Å². The van der Waals surface area contributed by atoms with Gasteiger partial charge in [0.25, 0.3) is 11.8 Å². The predicted octanol–water partition coefficient (Wildman–Crippen LogP) is 5.00. The minimum absolute atomic E-state index is 0.0231. The normalized spacial score (nSPS) is 15.1. The molecule has 0 unspecified atom stereocenters. The number of nitrogens with zero attached hydrogens (tertiary/aromatic N) is 1. The summed E-state index contributed by atoms with van der Waals surface area (Å²) in [5.41, 5.74) is 1.46. The first kappa shape index (κ1) is 21.9. The van der Waals surface area contributed by atoms with E-state index in [-0.39, 0.29) is 16.4 Å². The zero-order valence-electron chi connectivity index (χ0n) is 16.5. The van der Waals surface area contributed by atoms with Crippen LogP contribution in [-0.2, 0) is 16.2 Å². The monoisotopic (exact) mass is 510 g/mol. The molecule has 0 aliphatic carbocycles. The van der Waals surface area contributed by atoms with E-state index in [0.29, 0.717) is 17.9 Å². The van der Waals surface area contributed by atoms with Gasteiger partial charge in [-0.25, -0.2) is 9.29 Å². The lowest BCUT2D eigenvalue weighted by molar-refractivity contribution is -0.122. The Morgan fingerprint density at radius 3 is 2.38 bits per heavy atom. The maximum atomic E-state index is 14.2. The molecule has 3 aromatic rings. The van der Waals surface area contributed by atoms with Gasteiger partial charge in [-0.3, -0.25) is 14.9 Å². The molecule has 0 spiro atoms. The Kier molecular flexibility index (Phi) is 6.43. The van der Waals surface area contributed by atoms with E-state index in [0.717, 1.165) is 14.9 Å². The Balaban J connectivity index is 1.52. The second-order valence-electron chi connectivity index (χ2n) is 6.89. The number of ether oxygens (including phenoxy) is 1. The van der Waals surface area contributed by atoms with E-state index < -0.39 is 17.6 Å². The van der Waals surface area contributed by atoms with Crippen molar-refractivity contribution in [1.82, 2.24) is 5.32 Å². The van der Waals surface area contributed by atoms with Gasteiger partial charge in [-0.05, 0) is 65.8 Å². The van der Waals surface area contributed by atoms with Crippen LogP contribution in [0.5, 0.6) is 5.75 Å². The van der Waals surface area contributed by atoms with Crippen molar-refractivity contribution in [2.24, 2.45) is 0 Å². The predicted molar refractivity (Wildman–Crippen MR) is 128 cm³/mol. The first-order valence-electron chi connectivity index (χ1n) is 9.55. The molecule has 0 atom stereocenters. The van der Waals surface area contributed by atoms with Crippen molar-refractivity contribution < 1.29 is 18.7 Å². The lowest BCUT2D eigenvalue weighted by Crippen LogP contribution is -2.54. The molecule has 1 saturated heterocycles. The van der Waals surface area contributed by atoms with Gasteiger partial charge in [0.1, 0.15) is 23.7 Å². The molecular formula is C24H16BrFN2O3S. The van der Waals surface area contributed by atoms with Gasteiger partial charge in [-0.1, -0.05) is 52.3 Å². The molecule has 160 valence electrons. The minimum atomic E-state index is -0.695. The number of carbonyl (C=O) groups excluding carboxylic acids is 2. The van der Waals surface area contributed by atoms with Crippen molar-refractivity contribution in [2.45, 2.75) is 6.61 Å². The molecule has 2 amide bonds. The molecule has 1 N–H and O–H groups in total. The SMILES string of the molecule is O=C1NC(=S)N(c2ccccc2F)C(=O)/C1=C/c1ccc(OCc2ccc(Br)cc2)cc1. The van der Waals surface area contributed by atoms with Crippen molar-refractivity contribution in [2.75, 3.05) is 4.90 Å². The molecule has 1 heterocycles. The number of nitrogens with one attached hydrogen (secondary N) is 1. The third-order valence-electron chi connectivity index (χ3n) is 4.70. The molecule has 1 fully saturated rings. The van der Waals surface area contributed by atoms with Crippen molar-refractivity contribution in [3.05, 3.63) is 99.8 Å². The zero-order valence-corrected chi connectivity index (χ0v) is 19.0. The molecule has 0 aromatic heterocycles. The standard InChI is InChI=1S/C24H16BrFN2O3S/c25-17-9-5-16(6-10-17)14-31-18-11-7-15(8-12-18)13-19-22(29)27-24(32)28(23(19)30)21-4-2-1-3-20(21)26/h1-13H,14H2,(H,27,29,32)/b19-13+. The van der Waals surface area contributed by atoms with Gasteiger partial charge in [-0.2, -0.15) is 0 Å². The van der Waals surface area contributed by atoms with Crippen LogP contribution in [0.25, 0.3) is 6.08 Å². The van der Waals surface area contributed by atoms with Crippen molar-refractivity contribution >= 4 is 56.8 Å². The summed E-state index contributed by atoms with van der Waals surface area (Å²) in [6.07, 6.45) is 1.44. The Hall–Kier alpha value is -3.36. The van der Waals surface area contributed by atoms with Crippen LogP contribution in [0.4, 0.5) is 10.1 Å². The smallest absolute Gasteiger partial charge is 0.270 e. The summed E-state index contributed by atoms with van der Waals surface area (Å²) in [4.78, 5) is 26.3. The Labute approximate surface area is 197 Å². The fourth-order valence-corrected chi connectivity index (χ4v) is 3.62. The molecule has 0 saturated carbocycles. The molecule has 32 heavy (non-hydrogen) atoms. The van der Waals surface area contributed by atoms with Gasteiger partial charge < -0.3 is 4.74 Å². The Bertz CT molecular complexity index is 1230. The number of halogens is 2. The van der Waals surface area contributed by atoms with Gasteiger partial charge in [0, 0.05) is 4.47 Å². The average Bonchev–Trinajstić information content (AvgIpc) is 2.78. The van der Waals surface area contributed by atoms with Crippen molar-refractivity contribution in [1.29, 1.82) is 0 Å². The highest BCUT2D eigenvalue weighted by Gasteiger charge is 2.35. The van der Waals surface area contributed by atoms with Gasteiger partial charge in [0.2, 0.25) is 0 Å². The second kappa shape index (κ2) is 9.42. The van der Waals surface area contributed by atoms with Crippen molar-refractivity contribution in [3.63, 3.8) is 0 Å². The number of hydrogen-bond donors (Lipinski definition) is 1. The van der Waals surface area contributed by atoms with Gasteiger partial charge in [0.05, 0.1) is 5.69 Å². The van der Waals surface area contributed by atoms with E-state index in [2.05, 4.69) is 21.2 Å². The lowest BCUT2D eigenvalue weighted by atomic mass is 10.1. The summed E-state index contributed by atoms with van der Waals surface area (Å²) in [7, 11) is 0. The van der Waals surface area contributed by atoms with E-state index in [4.69, 9.17) is 17.0 Å². The number of rotatable bonds is 5. The number of thiocarbonyl (C=S) groups is 1. The van der Waals surface area contributed by atoms with Crippen LogP contribution in [0, 0.1) is 5.82 Å². The number of para-hydroxylation sites is 1. The maximum Gasteiger partial charge on any atom is 0.270 e. The molecular weight excluding hydrogens is 495 g/mol. The van der Waals surface area contributed by atoms with Crippen LogP contribution in [0.15, 0.2) is 82.8 Å². The van der Waals surface area contributed by atoms with Crippen LogP contribution in [0.2, 0.25) is 0 Å². The highest BCUT2D eigenvalue weighted by Crippen LogP contribution is 2.25. The van der Waals surface area contributed by atoms with E-state index in [9.17, 15) is 14.0 Å². The zero-order chi connectivity index (χ0) is 22.7. The van der Waals surface area contributed by atoms with Gasteiger partial charge in [-0.15, -0.1) is 0 Å². The second-order valence-corrected chi connectivity index (χ2v) is 8.20. The first-order valence-corrected chi connectivity index (χ1v) is 10.8. The lowest BCUT2D eigenvalue weighted by Gasteiger charge is -2.29. The van der Waals surface area contributed by atoms with Crippen molar-refractivity contribution in [3.8, 4) is 5.75 Å². The summed E-state index contributed by atoms with van der Waals surface area (Å²) < 4.78 is 21.0. The van der Waals surface area contributed by atoms with E-state index in [1.165, 1.54) is 24.3 Å². The maximum absolute atomic E-state index is 14.2. The molecule has 3 aromatic carbocycles. The number of carbonyl (C=O) groups is 2. The summed E-state index contributed by atoms with van der Waals surface area (Å²) in [6, 6.07) is 20.5. The van der Waals surface area contributed by atoms with Crippen LogP contribution >= 0.6 is 28.1 Å². The summed E-state index contributed by atoms with van der Waals surface area (Å²) in [6.45, 7) is 0.406. The molecule has 4 rings (SSSR count). The average molecular weight is 511 g/mol. The molecule has 0 bridgehead atoms. The number of benzene rings is 3. The van der Waals surface area contributed by atoms with Gasteiger partial charge in [0.15, 0.2) is 5.11 Å². The Morgan fingerprint density at radius 1 is 1.00 bits per heavy atom. The summed E-state index contributed by atoms with van der Waals surface area (Å²) >= 11 is 8.49. The van der Waals surface area contributed by atoms with Crippen LogP contribution in [-0.4, -0.2) is 16.9 Å². The highest BCUT2D eigenvalue weighted by molar-refractivity contribution is 9.10. The topological polar surface area (TPSA) is 58.6 Å². The third-order valence-corrected chi connectivity index (χ3v) is 5.52. The van der Waals surface area contributed by atoms with E-state index >= 15 is 0 Å². The quantitative estimate of drug-likeness (QED) is 0.298. The van der Waals surface area contributed by atoms with Crippen LogP contribution < -0.4 is 15.0 Å². The third kappa shape index (κ3) is 4.76. The molecule has 1 aliphatic heterocycles. The molecule has 5 nitrogen and oxygen atoms in total. The molecule has 0 radical (unpaired) electrons. The van der Waals surface area contributed by atoms with Crippen LogP contribution in [0.3, 0.4) is 0 Å². The number of amides is 2.